The zero-order chi connectivity index (χ0) is 19.1. The average Bonchev–Trinajstić information content (AvgIpc) is 2.58. The molecule has 0 aliphatic heterocycles. The second-order valence-corrected chi connectivity index (χ2v) is 7.85. The molecular weight excluding hydrogens is 324 g/mol. The summed E-state index contributed by atoms with van der Waals surface area (Å²) in [5.41, 5.74) is 3.54. The van der Waals surface area contributed by atoms with Gasteiger partial charge in [0.05, 0.1) is 13.2 Å². The second kappa shape index (κ2) is 6.79. The number of ether oxygens (including phenoxy) is 1. The average molecular weight is 352 g/mol. The van der Waals surface area contributed by atoms with Crippen LogP contribution in [0.25, 0.3) is 6.08 Å². The molecule has 1 saturated carbocycles. The molecule has 4 atom stereocenters. The molecule has 1 fully saturated rings. The van der Waals surface area contributed by atoms with Crippen LogP contribution in [0.1, 0.15) is 39.0 Å². The van der Waals surface area contributed by atoms with Gasteiger partial charge in [-0.2, -0.15) is 0 Å². The molecule has 0 aromatic carbocycles. The van der Waals surface area contributed by atoms with Crippen LogP contribution in [0.5, 0.6) is 5.75 Å². The van der Waals surface area contributed by atoms with Crippen molar-refractivity contribution < 1.29 is 9.15 Å². The molecule has 0 radical (unpaired) electrons. The van der Waals surface area contributed by atoms with Gasteiger partial charge in [-0.15, -0.1) is 0 Å². The molecule has 0 N–H and O–H groups in total. The van der Waals surface area contributed by atoms with E-state index >= 15 is 0 Å². The van der Waals surface area contributed by atoms with Crippen LogP contribution in [-0.2, 0) is 0 Å². The highest BCUT2D eigenvalue weighted by atomic mass is 16.5. The smallest absolute Gasteiger partial charge is 0.339 e. The highest BCUT2D eigenvalue weighted by Gasteiger charge is 2.55. The molecule has 1 aromatic heterocycles. The minimum absolute atomic E-state index is 0.262. The molecule has 0 bridgehead atoms. The van der Waals surface area contributed by atoms with Crippen molar-refractivity contribution in [2.75, 3.05) is 7.11 Å². The first-order valence-corrected chi connectivity index (χ1v) is 9.19. The van der Waals surface area contributed by atoms with Gasteiger partial charge in [0.2, 0.25) is 0 Å². The van der Waals surface area contributed by atoms with Crippen LogP contribution in [0, 0.1) is 30.1 Å². The van der Waals surface area contributed by atoms with E-state index in [2.05, 4.69) is 52.0 Å². The van der Waals surface area contributed by atoms with Crippen molar-refractivity contribution in [3.05, 3.63) is 69.3 Å². The maximum atomic E-state index is 11.6. The van der Waals surface area contributed by atoms with Crippen LogP contribution in [-0.4, -0.2) is 7.11 Å². The molecule has 2 aliphatic carbocycles. The van der Waals surface area contributed by atoms with Gasteiger partial charge in [0.25, 0.3) is 0 Å². The molecule has 0 unspecified atom stereocenters. The minimum atomic E-state index is -0.399. The van der Waals surface area contributed by atoms with Gasteiger partial charge in [-0.05, 0) is 50.0 Å². The maximum absolute atomic E-state index is 11.6. The molecule has 2 aliphatic rings. The summed E-state index contributed by atoms with van der Waals surface area (Å²) in [4.78, 5) is 11.6. The Hall–Kier alpha value is -2.29. The normalized spacial score (nSPS) is 30.8. The largest absolute Gasteiger partial charge is 0.496 e. The molecule has 3 rings (SSSR count). The van der Waals surface area contributed by atoms with E-state index in [1.807, 2.05) is 19.1 Å². The van der Waals surface area contributed by atoms with Crippen LogP contribution in [0.3, 0.4) is 0 Å². The molecule has 0 saturated heterocycles. The summed E-state index contributed by atoms with van der Waals surface area (Å²) in [5.74, 6) is 2.80. The third-order valence-corrected chi connectivity index (χ3v) is 6.21. The van der Waals surface area contributed by atoms with Crippen molar-refractivity contribution in [3.63, 3.8) is 0 Å². The Bertz CT molecular complexity index is 881. The van der Waals surface area contributed by atoms with E-state index < -0.39 is 5.63 Å². The number of hydrogen-bond acceptors (Lipinski definition) is 3. The van der Waals surface area contributed by atoms with Gasteiger partial charge in [0.15, 0.2) is 0 Å². The zero-order valence-corrected chi connectivity index (χ0v) is 16.5. The lowest BCUT2D eigenvalue weighted by molar-refractivity contribution is -0.0116. The quantitative estimate of drug-likeness (QED) is 0.688. The topological polar surface area (TPSA) is 39.4 Å². The van der Waals surface area contributed by atoms with Gasteiger partial charge < -0.3 is 9.15 Å². The monoisotopic (exact) mass is 352 g/mol. The van der Waals surface area contributed by atoms with Crippen LogP contribution >= 0.6 is 0 Å². The van der Waals surface area contributed by atoms with Crippen molar-refractivity contribution in [1.29, 1.82) is 0 Å². The summed E-state index contributed by atoms with van der Waals surface area (Å²) in [7, 11) is 1.56. The number of fused-ring (bicyclic) bond motifs is 1. The fourth-order valence-corrected chi connectivity index (χ4v) is 4.81. The SMILES string of the molecule is COc1cc(=O)oc(/C=C/C=C/[C@@H]2[C@@H](C)[C@@]3(C)C=C(C)C=C(C)[C@@H]23)c1C. The zero-order valence-electron chi connectivity index (χ0n) is 16.5. The Morgan fingerprint density at radius 3 is 2.65 bits per heavy atom. The number of hydrogen-bond donors (Lipinski definition) is 0. The van der Waals surface area contributed by atoms with Gasteiger partial charge in [-0.1, -0.05) is 55.4 Å². The lowest BCUT2D eigenvalue weighted by Gasteiger charge is -2.59. The number of methoxy groups -OCH3 is 1. The van der Waals surface area contributed by atoms with Crippen LogP contribution in [0.15, 0.2) is 56.8 Å². The van der Waals surface area contributed by atoms with E-state index in [4.69, 9.17) is 9.15 Å². The van der Waals surface area contributed by atoms with Crippen molar-refractivity contribution in [1.82, 2.24) is 0 Å². The standard InChI is InChI=1S/C23H28O3/c1-14-11-15(2)22-18(17(4)23(22,5)13-14)9-7-8-10-19-16(3)20(25-6)12-21(24)26-19/h7-13,17-18,22H,1-6H3/b9-7+,10-8+/t17-,18-,22+,23-/m1/s1. The molecule has 1 aromatic rings. The predicted octanol–water partition coefficient (Wildman–Crippen LogP) is 5.32. The molecule has 26 heavy (non-hydrogen) atoms. The maximum Gasteiger partial charge on any atom is 0.339 e. The first kappa shape index (κ1) is 18.5. The van der Waals surface area contributed by atoms with E-state index in [9.17, 15) is 4.79 Å². The first-order valence-electron chi connectivity index (χ1n) is 9.19. The molecule has 1 heterocycles. The Morgan fingerprint density at radius 1 is 1.23 bits per heavy atom. The summed E-state index contributed by atoms with van der Waals surface area (Å²) >= 11 is 0. The van der Waals surface area contributed by atoms with Gasteiger partial charge in [0.1, 0.15) is 11.5 Å². The molecule has 0 amide bonds. The predicted molar refractivity (Wildman–Crippen MR) is 106 cm³/mol. The third kappa shape index (κ3) is 3.00. The van der Waals surface area contributed by atoms with Crippen molar-refractivity contribution in [3.8, 4) is 5.75 Å². The van der Waals surface area contributed by atoms with Crippen molar-refractivity contribution in [2.45, 2.75) is 34.6 Å². The van der Waals surface area contributed by atoms with E-state index in [1.165, 1.54) is 17.2 Å². The summed E-state index contributed by atoms with van der Waals surface area (Å²) in [6.07, 6.45) is 12.9. The van der Waals surface area contributed by atoms with E-state index in [0.29, 0.717) is 29.3 Å². The van der Waals surface area contributed by atoms with Gasteiger partial charge in [-0.3, -0.25) is 0 Å². The van der Waals surface area contributed by atoms with Crippen LogP contribution < -0.4 is 10.4 Å². The van der Waals surface area contributed by atoms with E-state index in [0.717, 1.165) is 5.56 Å². The van der Waals surface area contributed by atoms with Crippen LogP contribution in [0.2, 0.25) is 0 Å². The lowest BCUT2D eigenvalue weighted by Crippen LogP contribution is -2.53. The summed E-state index contributed by atoms with van der Waals surface area (Å²) in [5, 5.41) is 0. The Kier molecular flexibility index (Phi) is 4.83. The molecule has 3 heteroatoms. The third-order valence-electron chi connectivity index (χ3n) is 6.21. The van der Waals surface area contributed by atoms with E-state index in [-0.39, 0.29) is 5.41 Å². The molecule has 3 nitrogen and oxygen atoms in total. The highest BCUT2D eigenvalue weighted by molar-refractivity contribution is 5.52. The van der Waals surface area contributed by atoms with Gasteiger partial charge in [-0.25, -0.2) is 4.79 Å². The summed E-state index contributed by atoms with van der Waals surface area (Å²) in [6, 6.07) is 1.37. The second-order valence-electron chi connectivity index (χ2n) is 7.85. The Balaban J connectivity index is 1.77. The minimum Gasteiger partial charge on any atom is -0.496 e. The van der Waals surface area contributed by atoms with Crippen molar-refractivity contribution >= 4 is 6.08 Å². The first-order chi connectivity index (χ1) is 12.3. The lowest BCUT2D eigenvalue weighted by atomic mass is 9.44. The van der Waals surface area contributed by atoms with Gasteiger partial charge >= 0.3 is 5.63 Å². The summed E-state index contributed by atoms with van der Waals surface area (Å²) < 4.78 is 10.5. The molecule has 0 spiro atoms. The fraction of sp³-hybridized carbons (Fsp3) is 0.435. The Labute approximate surface area is 155 Å². The van der Waals surface area contributed by atoms with Crippen molar-refractivity contribution in [2.24, 2.45) is 23.2 Å². The van der Waals surface area contributed by atoms with Crippen LogP contribution in [0.4, 0.5) is 0 Å². The van der Waals surface area contributed by atoms with E-state index in [1.54, 1.807) is 7.11 Å². The number of allylic oxidation sites excluding steroid dienone is 7. The number of rotatable bonds is 4. The molecular formula is C23H28O3. The van der Waals surface area contributed by atoms with Gasteiger partial charge in [0, 0.05) is 5.56 Å². The fourth-order valence-electron chi connectivity index (χ4n) is 4.81. The summed E-state index contributed by atoms with van der Waals surface area (Å²) in [6.45, 7) is 11.0. The highest BCUT2D eigenvalue weighted by Crippen LogP contribution is 2.61. The Morgan fingerprint density at radius 2 is 1.96 bits per heavy atom. The molecule has 138 valence electrons.